The molecule has 0 aliphatic carbocycles. The molecule has 3 atom stereocenters. The Morgan fingerprint density at radius 2 is 2.25 bits per heavy atom. The third-order valence-corrected chi connectivity index (χ3v) is 4.09. The Bertz CT molecular complexity index is 467. The number of rotatable bonds is 5. The van der Waals surface area contributed by atoms with Gasteiger partial charge >= 0.3 is 0 Å². The van der Waals surface area contributed by atoms with Crippen LogP contribution in [0.25, 0.3) is 0 Å². The Labute approximate surface area is 124 Å². The van der Waals surface area contributed by atoms with E-state index in [1.165, 1.54) is 0 Å². The smallest absolute Gasteiger partial charge is 0.223 e. The van der Waals surface area contributed by atoms with Gasteiger partial charge in [-0.3, -0.25) is 4.79 Å². The van der Waals surface area contributed by atoms with Crippen molar-refractivity contribution < 1.29 is 9.53 Å². The number of hydrogen-bond donors (Lipinski definition) is 2. The number of amides is 1. The van der Waals surface area contributed by atoms with Crippen LogP contribution in [0.5, 0.6) is 0 Å². The fourth-order valence-electron chi connectivity index (χ4n) is 2.46. The molecule has 20 heavy (non-hydrogen) atoms. The summed E-state index contributed by atoms with van der Waals surface area (Å²) in [6.45, 7) is 3.45. The van der Waals surface area contributed by atoms with Crippen LogP contribution in [0.15, 0.2) is 24.3 Å². The molecule has 1 saturated heterocycles. The quantitative estimate of drug-likeness (QED) is 0.868. The van der Waals surface area contributed by atoms with E-state index < -0.39 is 0 Å². The minimum Gasteiger partial charge on any atom is -0.378 e. The number of halogens is 1. The molecule has 1 amide bonds. The first kappa shape index (κ1) is 15.3. The van der Waals surface area contributed by atoms with Gasteiger partial charge in [0.15, 0.2) is 0 Å². The molecule has 1 aromatic carbocycles. The molecular weight excluding hydrogens is 276 g/mol. The van der Waals surface area contributed by atoms with E-state index in [2.05, 4.69) is 10.6 Å². The molecule has 1 aliphatic heterocycles. The fourth-order valence-corrected chi connectivity index (χ4v) is 2.67. The zero-order valence-electron chi connectivity index (χ0n) is 11.9. The van der Waals surface area contributed by atoms with Gasteiger partial charge in [-0.25, -0.2) is 0 Å². The van der Waals surface area contributed by atoms with E-state index in [1.54, 1.807) is 7.11 Å². The number of carbonyl (C=O) groups excluding carboxylic acids is 1. The van der Waals surface area contributed by atoms with Gasteiger partial charge in [-0.1, -0.05) is 36.7 Å². The lowest BCUT2D eigenvalue weighted by atomic mass is 10.00. The Morgan fingerprint density at radius 3 is 2.95 bits per heavy atom. The molecule has 110 valence electrons. The van der Waals surface area contributed by atoms with Crippen LogP contribution in [0.3, 0.4) is 0 Å². The number of carbonyl (C=O) groups is 1. The van der Waals surface area contributed by atoms with Gasteiger partial charge in [0.25, 0.3) is 0 Å². The molecule has 5 heteroatoms. The van der Waals surface area contributed by atoms with Crippen molar-refractivity contribution in [2.45, 2.75) is 25.5 Å². The number of ether oxygens (including phenoxy) is 1. The molecular formula is C15H21ClN2O2. The zero-order valence-corrected chi connectivity index (χ0v) is 12.6. The van der Waals surface area contributed by atoms with Crippen molar-refractivity contribution in [1.29, 1.82) is 0 Å². The lowest BCUT2D eigenvalue weighted by molar-refractivity contribution is -0.125. The summed E-state index contributed by atoms with van der Waals surface area (Å²) in [4.78, 5) is 12.2. The monoisotopic (exact) mass is 296 g/mol. The molecule has 2 rings (SSSR count). The SMILES string of the molecule is CO[C@H]1CNC[C@H]1NC(=O)[C@H](C)Cc1ccccc1Cl. The maximum Gasteiger partial charge on any atom is 0.223 e. The number of benzene rings is 1. The fraction of sp³-hybridized carbons (Fsp3) is 0.533. The molecule has 0 saturated carbocycles. The molecule has 1 aliphatic rings. The molecule has 0 aromatic heterocycles. The summed E-state index contributed by atoms with van der Waals surface area (Å²) in [5.74, 6) is -0.0753. The van der Waals surface area contributed by atoms with Crippen LogP contribution in [-0.2, 0) is 16.0 Å². The molecule has 2 N–H and O–H groups in total. The predicted octanol–water partition coefficient (Wildman–Crippen LogP) is 1.62. The van der Waals surface area contributed by atoms with Crippen molar-refractivity contribution in [3.63, 3.8) is 0 Å². The highest BCUT2D eigenvalue weighted by Crippen LogP contribution is 2.19. The summed E-state index contributed by atoms with van der Waals surface area (Å²) in [5.41, 5.74) is 1.00. The Kier molecular flexibility index (Phi) is 5.40. The summed E-state index contributed by atoms with van der Waals surface area (Å²) in [5, 5.41) is 6.98. The first-order valence-corrected chi connectivity index (χ1v) is 7.27. The first-order chi connectivity index (χ1) is 9.61. The van der Waals surface area contributed by atoms with Crippen LogP contribution < -0.4 is 10.6 Å². The van der Waals surface area contributed by atoms with Crippen LogP contribution in [0.2, 0.25) is 5.02 Å². The second kappa shape index (κ2) is 7.07. The van der Waals surface area contributed by atoms with E-state index in [0.29, 0.717) is 11.4 Å². The summed E-state index contributed by atoms with van der Waals surface area (Å²) in [6, 6.07) is 7.68. The number of nitrogens with one attached hydrogen (secondary N) is 2. The van der Waals surface area contributed by atoms with E-state index in [4.69, 9.17) is 16.3 Å². The lowest BCUT2D eigenvalue weighted by Gasteiger charge is -2.21. The predicted molar refractivity (Wildman–Crippen MR) is 79.9 cm³/mol. The van der Waals surface area contributed by atoms with Gasteiger partial charge in [-0.05, 0) is 18.1 Å². The molecule has 0 bridgehead atoms. The maximum absolute atomic E-state index is 12.2. The van der Waals surface area contributed by atoms with Gasteiger partial charge < -0.3 is 15.4 Å². The minimum absolute atomic E-state index is 0.0423. The van der Waals surface area contributed by atoms with Crippen molar-refractivity contribution in [3.05, 3.63) is 34.9 Å². The largest absolute Gasteiger partial charge is 0.378 e. The van der Waals surface area contributed by atoms with Crippen LogP contribution in [0, 0.1) is 5.92 Å². The lowest BCUT2D eigenvalue weighted by Crippen LogP contribution is -2.45. The average Bonchev–Trinajstić information content (AvgIpc) is 2.88. The van der Waals surface area contributed by atoms with Gasteiger partial charge in [-0.15, -0.1) is 0 Å². The first-order valence-electron chi connectivity index (χ1n) is 6.89. The van der Waals surface area contributed by atoms with E-state index in [0.717, 1.165) is 18.7 Å². The second-order valence-electron chi connectivity index (χ2n) is 5.24. The van der Waals surface area contributed by atoms with Gasteiger partial charge in [0.2, 0.25) is 5.91 Å². The number of methoxy groups -OCH3 is 1. The standard InChI is InChI=1S/C15H21ClN2O2/c1-10(7-11-5-3-4-6-12(11)16)15(19)18-13-8-17-9-14(13)20-2/h3-6,10,13-14,17H,7-9H2,1-2H3,(H,18,19)/t10-,13-,14+/m1/s1. The normalized spacial score (nSPS) is 23.6. The molecule has 1 aromatic rings. The summed E-state index contributed by atoms with van der Waals surface area (Å²) < 4.78 is 5.34. The highest BCUT2D eigenvalue weighted by molar-refractivity contribution is 6.31. The third kappa shape index (κ3) is 3.72. The molecule has 0 unspecified atom stereocenters. The number of hydrogen-bond acceptors (Lipinski definition) is 3. The van der Waals surface area contributed by atoms with Crippen molar-refractivity contribution in [1.82, 2.24) is 10.6 Å². The van der Waals surface area contributed by atoms with Gasteiger partial charge in [0, 0.05) is 31.1 Å². The van der Waals surface area contributed by atoms with E-state index in [9.17, 15) is 4.79 Å². The molecule has 0 radical (unpaired) electrons. The van der Waals surface area contributed by atoms with E-state index in [-0.39, 0.29) is 24.0 Å². The molecule has 1 heterocycles. The Hall–Kier alpha value is -1.10. The van der Waals surface area contributed by atoms with Crippen LogP contribution in [-0.4, -0.2) is 38.3 Å². The van der Waals surface area contributed by atoms with Crippen molar-refractivity contribution in [2.24, 2.45) is 5.92 Å². The average molecular weight is 297 g/mol. The Balaban J connectivity index is 1.91. The molecule has 0 spiro atoms. The van der Waals surface area contributed by atoms with Crippen molar-refractivity contribution in [3.8, 4) is 0 Å². The third-order valence-electron chi connectivity index (χ3n) is 3.72. The van der Waals surface area contributed by atoms with Crippen molar-refractivity contribution >= 4 is 17.5 Å². The highest BCUT2D eigenvalue weighted by Gasteiger charge is 2.29. The highest BCUT2D eigenvalue weighted by atomic mass is 35.5. The summed E-state index contributed by atoms with van der Waals surface area (Å²) in [7, 11) is 1.67. The van der Waals surface area contributed by atoms with Crippen LogP contribution in [0.1, 0.15) is 12.5 Å². The molecule has 4 nitrogen and oxygen atoms in total. The maximum atomic E-state index is 12.2. The van der Waals surface area contributed by atoms with Crippen LogP contribution in [0.4, 0.5) is 0 Å². The zero-order chi connectivity index (χ0) is 14.5. The second-order valence-corrected chi connectivity index (χ2v) is 5.65. The summed E-state index contributed by atoms with van der Waals surface area (Å²) in [6.07, 6.45) is 0.690. The van der Waals surface area contributed by atoms with Crippen LogP contribution >= 0.6 is 11.6 Å². The minimum atomic E-state index is -0.118. The van der Waals surface area contributed by atoms with Gasteiger partial charge in [-0.2, -0.15) is 0 Å². The van der Waals surface area contributed by atoms with Gasteiger partial charge in [0.1, 0.15) is 0 Å². The topological polar surface area (TPSA) is 50.4 Å². The Morgan fingerprint density at radius 1 is 1.50 bits per heavy atom. The van der Waals surface area contributed by atoms with E-state index >= 15 is 0 Å². The van der Waals surface area contributed by atoms with Crippen molar-refractivity contribution in [2.75, 3.05) is 20.2 Å². The van der Waals surface area contributed by atoms with Gasteiger partial charge in [0.05, 0.1) is 12.1 Å². The summed E-state index contributed by atoms with van der Waals surface area (Å²) >= 11 is 6.13. The van der Waals surface area contributed by atoms with E-state index in [1.807, 2.05) is 31.2 Å². The molecule has 1 fully saturated rings.